The molecule has 3 rings (SSSR count). The SMILES string of the molecule is O=C(N[C@@H]1CCNC1)C1CCCCC(C2CCCCCC2)CCC1. The minimum atomic E-state index is 0.276. The molecule has 0 bridgehead atoms. The van der Waals surface area contributed by atoms with Gasteiger partial charge in [0.1, 0.15) is 0 Å². The van der Waals surface area contributed by atoms with E-state index in [9.17, 15) is 4.79 Å². The minimum Gasteiger partial charge on any atom is -0.352 e. The zero-order chi connectivity index (χ0) is 16.6. The Balaban J connectivity index is 1.47. The fourth-order valence-corrected chi connectivity index (χ4v) is 5.33. The van der Waals surface area contributed by atoms with Crippen LogP contribution in [0, 0.1) is 17.8 Å². The number of hydrogen-bond donors (Lipinski definition) is 2. The van der Waals surface area contributed by atoms with Crippen molar-refractivity contribution in [3.8, 4) is 0 Å². The Morgan fingerprint density at radius 2 is 1.29 bits per heavy atom. The summed E-state index contributed by atoms with van der Waals surface area (Å²) in [6.07, 6.45) is 18.8. The molecule has 2 unspecified atom stereocenters. The molecule has 0 spiro atoms. The first-order valence-electron chi connectivity index (χ1n) is 10.8. The number of hydrogen-bond acceptors (Lipinski definition) is 2. The molecule has 3 atom stereocenters. The van der Waals surface area contributed by atoms with Crippen molar-refractivity contribution in [2.45, 2.75) is 95.9 Å². The van der Waals surface area contributed by atoms with E-state index in [4.69, 9.17) is 0 Å². The van der Waals surface area contributed by atoms with Crippen LogP contribution in [0.4, 0.5) is 0 Å². The Kier molecular flexibility index (Phi) is 7.44. The van der Waals surface area contributed by atoms with E-state index in [2.05, 4.69) is 10.6 Å². The summed E-state index contributed by atoms with van der Waals surface area (Å²) in [4.78, 5) is 12.6. The number of carbonyl (C=O) groups excluding carboxylic acids is 1. The number of amides is 1. The zero-order valence-corrected chi connectivity index (χ0v) is 15.5. The molecule has 2 aliphatic carbocycles. The molecule has 3 heteroatoms. The van der Waals surface area contributed by atoms with E-state index in [0.29, 0.717) is 11.9 Å². The van der Waals surface area contributed by atoms with E-state index in [1.807, 2.05) is 0 Å². The maximum atomic E-state index is 12.6. The predicted octanol–water partition coefficient (Wildman–Crippen LogP) is 4.41. The molecule has 1 aliphatic heterocycles. The van der Waals surface area contributed by atoms with Gasteiger partial charge in [0.2, 0.25) is 5.91 Å². The van der Waals surface area contributed by atoms with Gasteiger partial charge in [-0.3, -0.25) is 4.79 Å². The highest BCUT2D eigenvalue weighted by Gasteiger charge is 2.27. The summed E-state index contributed by atoms with van der Waals surface area (Å²) in [7, 11) is 0. The highest BCUT2D eigenvalue weighted by atomic mass is 16.1. The second-order valence-electron chi connectivity index (χ2n) is 8.62. The summed E-state index contributed by atoms with van der Waals surface area (Å²) in [5, 5.41) is 6.64. The van der Waals surface area contributed by atoms with Gasteiger partial charge in [0, 0.05) is 18.5 Å². The summed E-state index contributed by atoms with van der Waals surface area (Å²) in [5.74, 6) is 2.56. The molecular weight excluding hydrogens is 296 g/mol. The average Bonchev–Trinajstić information content (AvgIpc) is 2.99. The van der Waals surface area contributed by atoms with Crippen LogP contribution in [0.3, 0.4) is 0 Å². The summed E-state index contributed by atoms with van der Waals surface area (Å²) in [6.45, 7) is 2.01. The van der Waals surface area contributed by atoms with Crippen molar-refractivity contribution < 1.29 is 4.79 Å². The fraction of sp³-hybridized carbons (Fsp3) is 0.952. The second kappa shape index (κ2) is 9.79. The lowest BCUT2D eigenvalue weighted by atomic mass is 9.80. The lowest BCUT2D eigenvalue weighted by Crippen LogP contribution is -2.40. The van der Waals surface area contributed by atoms with Crippen LogP contribution in [0.15, 0.2) is 0 Å². The van der Waals surface area contributed by atoms with Crippen molar-refractivity contribution in [3.05, 3.63) is 0 Å². The molecule has 3 aliphatic rings. The van der Waals surface area contributed by atoms with E-state index in [-0.39, 0.29) is 5.92 Å². The third-order valence-electron chi connectivity index (χ3n) is 6.85. The van der Waals surface area contributed by atoms with Gasteiger partial charge in [0.15, 0.2) is 0 Å². The molecule has 1 heterocycles. The summed E-state index contributed by atoms with van der Waals surface area (Å²) < 4.78 is 0. The highest BCUT2D eigenvalue weighted by molar-refractivity contribution is 5.79. The van der Waals surface area contributed by atoms with Gasteiger partial charge in [0.05, 0.1) is 0 Å². The molecule has 2 saturated carbocycles. The van der Waals surface area contributed by atoms with E-state index in [1.165, 1.54) is 70.6 Å². The topological polar surface area (TPSA) is 41.1 Å². The van der Waals surface area contributed by atoms with E-state index in [1.54, 1.807) is 0 Å². The average molecular weight is 335 g/mol. The van der Waals surface area contributed by atoms with Crippen LogP contribution in [0.5, 0.6) is 0 Å². The van der Waals surface area contributed by atoms with E-state index < -0.39 is 0 Å². The van der Waals surface area contributed by atoms with Crippen LogP contribution in [-0.4, -0.2) is 25.0 Å². The lowest BCUT2D eigenvalue weighted by Gasteiger charge is -2.26. The quantitative estimate of drug-likeness (QED) is 0.751. The highest BCUT2D eigenvalue weighted by Crippen LogP contribution is 2.36. The van der Waals surface area contributed by atoms with Crippen LogP contribution in [0.2, 0.25) is 0 Å². The third kappa shape index (κ3) is 5.47. The van der Waals surface area contributed by atoms with Crippen molar-refractivity contribution in [1.82, 2.24) is 10.6 Å². The molecule has 0 aromatic carbocycles. The number of carbonyl (C=O) groups is 1. The maximum Gasteiger partial charge on any atom is 0.223 e. The predicted molar refractivity (Wildman–Crippen MR) is 99.9 cm³/mol. The van der Waals surface area contributed by atoms with Crippen molar-refractivity contribution >= 4 is 5.91 Å². The van der Waals surface area contributed by atoms with Crippen LogP contribution >= 0.6 is 0 Å². The summed E-state index contributed by atoms with van der Waals surface area (Å²) in [5.41, 5.74) is 0. The lowest BCUT2D eigenvalue weighted by molar-refractivity contribution is -0.126. The molecule has 0 aromatic heterocycles. The van der Waals surface area contributed by atoms with Gasteiger partial charge in [-0.05, 0) is 37.6 Å². The Hall–Kier alpha value is -0.570. The standard InChI is InChI=1S/C21H38N2O/c24-21(23-20-14-15-22-16-20)19-11-6-5-10-18(12-7-13-19)17-8-3-1-2-4-9-17/h17-20,22H,1-16H2,(H,23,24)/t18?,19?,20-/m1/s1. The van der Waals surface area contributed by atoms with Crippen molar-refractivity contribution in [2.75, 3.05) is 13.1 Å². The fourth-order valence-electron chi connectivity index (χ4n) is 5.33. The molecular formula is C21H38N2O. The van der Waals surface area contributed by atoms with Gasteiger partial charge in [-0.2, -0.15) is 0 Å². The molecule has 3 nitrogen and oxygen atoms in total. The molecule has 3 fully saturated rings. The van der Waals surface area contributed by atoms with Crippen LogP contribution < -0.4 is 10.6 Å². The monoisotopic (exact) mass is 334 g/mol. The first-order chi connectivity index (χ1) is 11.8. The van der Waals surface area contributed by atoms with Crippen LogP contribution in [0.1, 0.15) is 89.9 Å². The Bertz CT molecular complexity index is 370. The molecule has 138 valence electrons. The van der Waals surface area contributed by atoms with Gasteiger partial charge in [-0.1, -0.05) is 70.6 Å². The van der Waals surface area contributed by atoms with Crippen LogP contribution in [0.25, 0.3) is 0 Å². The molecule has 24 heavy (non-hydrogen) atoms. The normalized spacial score (nSPS) is 33.9. The molecule has 0 aromatic rings. The largest absolute Gasteiger partial charge is 0.352 e. The van der Waals surface area contributed by atoms with Crippen molar-refractivity contribution in [1.29, 1.82) is 0 Å². The summed E-state index contributed by atoms with van der Waals surface area (Å²) in [6, 6.07) is 0.379. The van der Waals surface area contributed by atoms with Gasteiger partial charge in [0.25, 0.3) is 0 Å². The molecule has 1 saturated heterocycles. The Morgan fingerprint density at radius 3 is 1.96 bits per heavy atom. The van der Waals surface area contributed by atoms with Crippen molar-refractivity contribution in [2.24, 2.45) is 17.8 Å². The first kappa shape index (κ1) is 18.2. The van der Waals surface area contributed by atoms with Gasteiger partial charge in [-0.15, -0.1) is 0 Å². The second-order valence-corrected chi connectivity index (χ2v) is 8.62. The van der Waals surface area contributed by atoms with Crippen molar-refractivity contribution in [3.63, 3.8) is 0 Å². The smallest absolute Gasteiger partial charge is 0.223 e. The van der Waals surface area contributed by atoms with Gasteiger partial charge >= 0.3 is 0 Å². The first-order valence-corrected chi connectivity index (χ1v) is 10.8. The minimum absolute atomic E-state index is 0.276. The Labute approximate surface area is 148 Å². The van der Waals surface area contributed by atoms with Crippen LogP contribution in [-0.2, 0) is 4.79 Å². The number of rotatable bonds is 3. The maximum absolute atomic E-state index is 12.6. The summed E-state index contributed by atoms with van der Waals surface area (Å²) >= 11 is 0. The third-order valence-corrected chi connectivity index (χ3v) is 6.85. The van der Waals surface area contributed by atoms with E-state index in [0.717, 1.165) is 44.2 Å². The van der Waals surface area contributed by atoms with Gasteiger partial charge in [-0.25, -0.2) is 0 Å². The molecule has 1 amide bonds. The zero-order valence-electron chi connectivity index (χ0n) is 15.5. The number of nitrogens with one attached hydrogen (secondary N) is 2. The Morgan fingerprint density at radius 1 is 0.708 bits per heavy atom. The molecule has 2 N–H and O–H groups in total. The van der Waals surface area contributed by atoms with E-state index >= 15 is 0 Å². The molecule has 0 radical (unpaired) electrons. The van der Waals surface area contributed by atoms with Gasteiger partial charge < -0.3 is 10.6 Å².